The van der Waals surface area contributed by atoms with E-state index in [2.05, 4.69) is 104 Å². The Kier molecular flexibility index (Phi) is 10.4. The van der Waals surface area contributed by atoms with E-state index in [9.17, 15) is 10.0 Å². The van der Waals surface area contributed by atoms with Crippen molar-refractivity contribution in [1.29, 1.82) is 0 Å². The van der Waals surface area contributed by atoms with Crippen LogP contribution in [-0.4, -0.2) is 17.2 Å². The van der Waals surface area contributed by atoms with Gasteiger partial charge in [0.15, 0.2) is 0 Å². The van der Waals surface area contributed by atoms with E-state index in [1.165, 1.54) is 27.5 Å². The molecule has 0 amide bonds. The van der Waals surface area contributed by atoms with Gasteiger partial charge in [-0.1, -0.05) is 248 Å². The zero-order valence-corrected chi connectivity index (χ0v) is 44.2. The lowest BCUT2D eigenvalue weighted by molar-refractivity contribution is 0.426. The molecule has 0 aliphatic carbocycles. The van der Waals surface area contributed by atoms with Gasteiger partial charge in [0.1, 0.15) is 22.3 Å². The molecule has 0 spiro atoms. The third kappa shape index (κ3) is 9.14. The summed E-state index contributed by atoms with van der Waals surface area (Å²) in [6, 6.07) is 72.5. The number of furan rings is 2. The van der Waals surface area contributed by atoms with E-state index >= 15 is 0 Å². The third-order valence-electron chi connectivity index (χ3n) is 15.3. The zero-order chi connectivity index (χ0) is 63.8. The van der Waals surface area contributed by atoms with Gasteiger partial charge in [-0.2, -0.15) is 0 Å². The van der Waals surface area contributed by atoms with Crippen molar-refractivity contribution in [3.63, 3.8) is 0 Å². The lowest BCUT2D eigenvalue weighted by Crippen LogP contribution is -2.31. The lowest BCUT2D eigenvalue weighted by Gasteiger charge is -2.17. The highest BCUT2D eigenvalue weighted by molar-refractivity contribution is 6.66. The molecule has 4 nitrogen and oxygen atoms in total. The van der Waals surface area contributed by atoms with Crippen LogP contribution in [0.4, 0.5) is 0 Å². The van der Waals surface area contributed by atoms with Gasteiger partial charge in [-0.25, -0.2) is 0 Å². The molecule has 0 aliphatic heterocycles. The minimum atomic E-state index is -1.72. The average molecular weight is 1060 g/mol. The fourth-order valence-electron chi connectivity index (χ4n) is 11.6. The lowest BCUT2D eigenvalue weighted by atomic mass is 9.72. The van der Waals surface area contributed by atoms with Crippen molar-refractivity contribution >= 4 is 99.5 Å². The SMILES string of the molecule is Cc1ccc2oc3cc(-c4ccccc4)ccc3c2c1.[2H]c1c([2H])c([2H])c(-c2c3ccccc3c(-c3ccc4oc5cc(-c6ccccc6)ccc5c4c3)c3ccccc23)c([2H])c1[2H].[2H]c1c([2H])c([2H])c(-c2c3ccccc3c(B(O)O)c3ccccc23)c([2H])c1[2H]. The Morgan fingerprint density at radius 2 is 0.634 bits per heavy atom. The van der Waals surface area contributed by atoms with E-state index in [0.717, 1.165) is 76.9 Å². The van der Waals surface area contributed by atoms with E-state index in [1.54, 1.807) is 48.5 Å². The van der Waals surface area contributed by atoms with Gasteiger partial charge in [0, 0.05) is 21.5 Å². The van der Waals surface area contributed by atoms with Gasteiger partial charge in [-0.15, -0.1) is 0 Å². The minimum Gasteiger partial charge on any atom is -0.456 e. The summed E-state index contributed by atoms with van der Waals surface area (Å²) in [6.07, 6.45) is 0. The van der Waals surface area contributed by atoms with Gasteiger partial charge in [-0.05, 0) is 160 Å². The molecule has 16 rings (SSSR count). The molecule has 0 bridgehead atoms. The summed E-state index contributed by atoms with van der Waals surface area (Å²) in [5, 5.41) is 30.2. The van der Waals surface area contributed by atoms with Crippen molar-refractivity contribution < 1.29 is 32.6 Å². The van der Waals surface area contributed by atoms with Crippen LogP contribution in [0.15, 0.2) is 300 Å². The first-order chi connectivity index (χ1) is 44.6. The molecule has 0 saturated heterocycles. The Morgan fingerprint density at radius 1 is 0.280 bits per heavy atom. The number of hydrogen-bond acceptors (Lipinski definition) is 4. The van der Waals surface area contributed by atoms with E-state index in [4.69, 9.17) is 22.5 Å². The largest absolute Gasteiger partial charge is 0.489 e. The van der Waals surface area contributed by atoms with Crippen molar-refractivity contribution in [2.75, 3.05) is 0 Å². The molecule has 14 aromatic carbocycles. The first kappa shape index (κ1) is 40.0. The Labute approximate surface area is 489 Å². The fourth-order valence-corrected chi connectivity index (χ4v) is 11.6. The van der Waals surface area contributed by atoms with Crippen LogP contribution in [-0.2, 0) is 0 Å². The van der Waals surface area contributed by atoms with Gasteiger partial charge in [0.2, 0.25) is 0 Å². The number of benzene rings is 14. The summed E-state index contributed by atoms with van der Waals surface area (Å²) in [6.45, 7) is 2.11. The molecular weight excluding hydrogens is 1000 g/mol. The number of aryl methyl sites for hydroxylation is 1. The third-order valence-corrected chi connectivity index (χ3v) is 15.3. The molecule has 82 heavy (non-hydrogen) atoms. The normalized spacial score (nSPS) is 13.1. The quantitative estimate of drug-likeness (QED) is 0.129. The smallest absolute Gasteiger partial charge is 0.456 e. The topological polar surface area (TPSA) is 66.7 Å². The molecule has 0 saturated carbocycles. The van der Waals surface area contributed by atoms with Crippen LogP contribution in [0, 0.1) is 6.92 Å². The molecule has 0 unspecified atom stereocenters. The maximum Gasteiger partial charge on any atom is 0.489 e. The van der Waals surface area contributed by atoms with Gasteiger partial charge in [0.05, 0.1) is 13.7 Å². The van der Waals surface area contributed by atoms with Crippen LogP contribution < -0.4 is 5.46 Å². The molecule has 5 heteroatoms. The Hall–Kier alpha value is -10.3. The summed E-state index contributed by atoms with van der Waals surface area (Å²) in [5.41, 5.74) is 13.2. The summed E-state index contributed by atoms with van der Waals surface area (Å²) in [4.78, 5) is 0. The van der Waals surface area contributed by atoms with Crippen molar-refractivity contribution in [3.8, 4) is 55.6 Å². The van der Waals surface area contributed by atoms with Crippen molar-refractivity contribution in [1.82, 2.24) is 0 Å². The number of hydrogen-bond donors (Lipinski definition) is 2. The molecule has 16 aromatic rings. The van der Waals surface area contributed by atoms with E-state index in [1.807, 2.05) is 84.9 Å². The molecule has 388 valence electrons. The molecule has 0 radical (unpaired) electrons. The maximum atomic E-state index is 10.0. The van der Waals surface area contributed by atoms with Gasteiger partial charge >= 0.3 is 7.12 Å². The standard InChI is InChI=1S/C38H24O.C20H15BO2.C19H14O/c1-3-11-25(12-4-1)27-19-21-29-34-23-28(20-22-35(34)39-36(29)24-27)38-32-17-9-7-15-30(32)37(26-13-5-2-6-14-26)31-16-8-10-18-33(31)38;22-21(23)20-17-12-6-4-10-15(17)19(14-8-2-1-3-9-14)16-11-5-7-13-18(16)20;1-13-7-10-18-17(11-13)16-9-8-15(12-19(16)20-18)14-5-3-2-4-6-14/h1-24H;1-13,22-23H;2-12H,1H3/i2D,5D,6D,13D,14D;1D,2D,3D,8D,9D;. The average Bonchev–Trinajstić information content (AvgIpc) is 0.799. The molecule has 2 heterocycles. The van der Waals surface area contributed by atoms with Crippen molar-refractivity contribution in [3.05, 3.63) is 297 Å². The monoisotopic (exact) mass is 1060 g/mol. The highest BCUT2D eigenvalue weighted by Crippen LogP contribution is 2.45. The van der Waals surface area contributed by atoms with Gasteiger partial charge < -0.3 is 18.9 Å². The summed E-state index contributed by atoms with van der Waals surface area (Å²) in [7, 11) is -1.72. The van der Waals surface area contributed by atoms with E-state index < -0.39 is 31.3 Å². The maximum absolute atomic E-state index is 10.0. The van der Waals surface area contributed by atoms with Crippen LogP contribution in [0.5, 0.6) is 0 Å². The second-order valence-electron chi connectivity index (χ2n) is 20.2. The second kappa shape index (κ2) is 21.4. The first-order valence-corrected chi connectivity index (χ1v) is 27.0. The first-order valence-electron chi connectivity index (χ1n) is 32.0. The zero-order valence-electron chi connectivity index (χ0n) is 54.2. The van der Waals surface area contributed by atoms with E-state index in [-0.39, 0.29) is 47.4 Å². The highest BCUT2D eigenvalue weighted by Gasteiger charge is 2.23. The van der Waals surface area contributed by atoms with Gasteiger partial charge in [0.25, 0.3) is 0 Å². The molecule has 0 fully saturated rings. The van der Waals surface area contributed by atoms with Crippen molar-refractivity contribution in [2.45, 2.75) is 6.92 Å². The van der Waals surface area contributed by atoms with Crippen LogP contribution in [0.3, 0.4) is 0 Å². The van der Waals surface area contributed by atoms with Crippen LogP contribution in [0.25, 0.3) is 143 Å². The van der Waals surface area contributed by atoms with E-state index in [0.29, 0.717) is 38.1 Å². The summed E-state index contributed by atoms with van der Waals surface area (Å²) >= 11 is 0. The van der Waals surface area contributed by atoms with Gasteiger partial charge in [-0.3, -0.25) is 0 Å². The predicted molar refractivity (Wildman–Crippen MR) is 346 cm³/mol. The minimum absolute atomic E-state index is 0.0948. The van der Waals surface area contributed by atoms with Crippen LogP contribution in [0.2, 0.25) is 0 Å². The fraction of sp³-hybridized carbons (Fsp3) is 0.0130. The molecular formula is C77H53BO4. The highest BCUT2D eigenvalue weighted by atomic mass is 16.4. The molecule has 2 N–H and O–H groups in total. The summed E-state index contributed by atoms with van der Waals surface area (Å²) in [5.74, 6) is 0. The Balaban J connectivity index is 0.000000131. The molecule has 0 aliphatic rings. The van der Waals surface area contributed by atoms with Crippen LogP contribution in [0.1, 0.15) is 19.3 Å². The number of rotatable bonds is 6. The Morgan fingerprint density at radius 3 is 1.06 bits per heavy atom. The Bertz CT molecular complexity index is 5480. The number of fused-ring (bicyclic) bond motifs is 10. The van der Waals surface area contributed by atoms with Crippen LogP contribution >= 0.6 is 0 Å². The molecule has 0 atom stereocenters. The second-order valence-corrected chi connectivity index (χ2v) is 20.2. The summed E-state index contributed by atoms with van der Waals surface area (Å²) < 4.78 is 95.4. The molecule has 2 aromatic heterocycles. The predicted octanol–water partition coefficient (Wildman–Crippen LogP) is 19.8. The van der Waals surface area contributed by atoms with Crippen molar-refractivity contribution in [2.24, 2.45) is 0 Å².